The zero-order valence-electron chi connectivity index (χ0n) is 11.1. The summed E-state index contributed by atoms with van der Waals surface area (Å²) in [4.78, 5) is 4.62. The summed E-state index contributed by atoms with van der Waals surface area (Å²) in [6.45, 7) is 0.815. The number of nitrogens with zero attached hydrogens (tertiary/aromatic N) is 1. The van der Waals surface area contributed by atoms with E-state index in [2.05, 4.69) is 16.4 Å². The van der Waals surface area contributed by atoms with Gasteiger partial charge in [0.1, 0.15) is 5.76 Å². The van der Waals surface area contributed by atoms with Crippen LogP contribution in [0, 0.1) is 0 Å². The van der Waals surface area contributed by atoms with Crippen LogP contribution in [0.1, 0.15) is 25.0 Å². The normalized spacial score (nSPS) is 15.6. The van der Waals surface area contributed by atoms with Crippen LogP contribution in [0.4, 0.5) is 0 Å². The molecule has 20 heavy (non-hydrogen) atoms. The number of rotatable bonds is 4. The maximum atomic E-state index is 5.90. The van der Waals surface area contributed by atoms with Crippen molar-refractivity contribution in [2.75, 3.05) is 0 Å². The van der Waals surface area contributed by atoms with Gasteiger partial charge in [-0.3, -0.25) is 0 Å². The minimum Gasteiger partial charge on any atom is -0.457 e. The number of aromatic nitrogens is 1. The quantitative estimate of drug-likeness (QED) is 0.780. The second-order valence-corrected chi connectivity index (χ2v) is 6.29. The molecule has 0 saturated heterocycles. The van der Waals surface area contributed by atoms with Crippen molar-refractivity contribution in [1.82, 2.24) is 10.3 Å². The highest BCUT2D eigenvalue weighted by Crippen LogP contribution is 2.31. The number of hydrogen-bond donors (Lipinski definition) is 1. The van der Waals surface area contributed by atoms with Gasteiger partial charge < -0.3 is 9.73 Å². The predicted octanol–water partition coefficient (Wildman–Crippen LogP) is 4.20. The number of thiazole rings is 1. The molecule has 2 heterocycles. The summed E-state index contributed by atoms with van der Waals surface area (Å²) in [6.07, 6.45) is 3.95. The molecule has 4 heteroatoms. The number of nitrogens with one attached hydrogen (secondary N) is 1. The van der Waals surface area contributed by atoms with Crippen molar-refractivity contribution in [3.63, 3.8) is 0 Å². The Balaban J connectivity index is 1.54. The van der Waals surface area contributed by atoms with E-state index in [1.165, 1.54) is 24.0 Å². The van der Waals surface area contributed by atoms with E-state index >= 15 is 0 Å². The molecule has 0 radical (unpaired) electrons. The Morgan fingerprint density at radius 3 is 2.90 bits per heavy atom. The molecule has 0 aliphatic heterocycles. The maximum absolute atomic E-state index is 5.90. The topological polar surface area (TPSA) is 38.1 Å². The summed E-state index contributed by atoms with van der Waals surface area (Å²) < 4.78 is 7.11. The molecule has 0 spiro atoms. The molecule has 1 N–H and O–H groups in total. The first-order valence-corrected chi connectivity index (χ1v) is 7.88. The molecule has 0 unspecified atom stereocenters. The van der Waals surface area contributed by atoms with Crippen LogP contribution in [0.2, 0.25) is 0 Å². The molecule has 1 fully saturated rings. The molecule has 102 valence electrons. The first-order valence-electron chi connectivity index (χ1n) is 7.06. The summed E-state index contributed by atoms with van der Waals surface area (Å²) in [6, 6.07) is 13.0. The fourth-order valence-electron chi connectivity index (χ4n) is 2.42. The third-order valence-corrected chi connectivity index (χ3v) is 4.89. The van der Waals surface area contributed by atoms with E-state index in [1.807, 2.05) is 30.3 Å². The van der Waals surface area contributed by atoms with Gasteiger partial charge in [0.2, 0.25) is 0 Å². The Morgan fingerprint density at radius 1 is 1.20 bits per heavy atom. The molecule has 1 aromatic carbocycles. The zero-order chi connectivity index (χ0) is 13.4. The van der Waals surface area contributed by atoms with E-state index in [0.29, 0.717) is 6.04 Å². The van der Waals surface area contributed by atoms with Crippen molar-refractivity contribution in [3.05, 3.63) is 42.2 Å². The van der Waals surface area contributed by atoms with E-state index in [9.17, 15) is 0 Å². The van der Waals surface area contributed by atoms with Gasteiger partial charge in [-0.05, 0) is 37.1 Å². The van der Waals surface area contributed by atoms with Crippen molar-refractivity contribution in [2.45, 2.75) is 31.8 Å². The lowest BCUT2D eigenvalue weighted by atomic mass is 9.93. The molecule has 0 atom stereocenters. The van der Waals surface area contributed by atoms with E-state index in [-0.39, 0.29) is 0 Å². The Kier molecular flexibility index (Phi) is 3.05. The molecule has 3 aromatic rings. The second kappa shape index (κ2) is 5.04. The lowest BCUT2D eigenvalue weighted by Crippen LogP contribution is -2.34. The molecule has 1 aliphatic carbocycles. The lowest BCUT2D eigenvalue weighted by molar-refractivity contribution is 0.326. The fourth-order valence-corrected chi connectivity index (χ4v) is 3.35. The molecule has 2 aromatic heterocycles. The van der Waals surface area contributed by atoms with Crippen LogP contribution in [0.15, 0.2) is 40.8 Å². The van der Waals surface area contributed by atoms with E-state index in [0.717, 1.165) is 28.6 Å². The number of hydrogen-bond acceptors (Lipinski definition) is 4. The van der Waals surface area contributed by atoms with Gasteiger partial charge in [0, 0.05) is 6.04 Å². The van der Waals surface area contributed by atoms with Crippen LogP contribution >= 0.6 is 11.3 Å². The Bertz CT molecular complexity index is 694. The van der Waals surface area contributed by atoms with Crippen LogP contribution in [0.5, 0.6) is 0 Å². The average molecular weight is 284 g/mol. The van der Waals surface area contributed by atoms with Gasteiger partial charge in [-0.2, -0.15) is 0 Å². The van der Waals surface area contributed by atoms with Gasteiger partial charge in [-0.25, -0.2) is 4.98 Å². The summed E-state index contributed by atoms with van der Waals surface area (Å²) >= 11 is 1.68. The maximum Gasteiger partial charge on any atom is 0.163 e. The van der Waals surface area contributed by atoms with Crippen molar-refractivity contribution in [3.8, 4) is 10.8 Å². The van der Waals surface area contributed by atoms with Gasteiger partial charge in [0.05, 0.1) is 16.8 Å². The van der Waals surface area contributed by atoms with Crippen molar-refractivity contribution < 1.29 is 4.42 Å². The number of para-hydroxylation sites is 1. The van der Waals surface area contributed by atoms with Gasteiger partial charge in [-0.1, -0.05) is 18.6 Å². The Labute approximate surface area is 121 Å². The average Bonchev–Trinajstić information content (AvgIpc) is 3.02. The number of fused-ring (bicyclic) bond motifs is 1. The molecule has 1 aliphatic rings. The van der Waals surface area contributed by atoms with Gasteiger partial charge in [0.15, 0.2) is 10.8 Å². The van der Waals surface area contributed by atoms with Crippen molar-refractivity contribution in [2.24, 2.45) is 0 Å². The van der Waals surface area contributed by atoms with Crippen LogP contribution < -0.4 is 5.32 Å². The Morgan fingerprint density at radius 2 is 2.10 bits per heavy atom. The van der Waals surface area contributed by atoms with E-state index in [4.69, 9.17) is 4.42 Å². The zero-order valence-corrected chi connectivity index (χ0v) is 12.0. The van der Waals surface area contributed by atoms with Gasteiger partial charge in [-0.15, -0.1) is 11.3 Å². The third-order valence-electron chi connectivity index (χ3n) is 3.84. The number of furan rings is 1. The highest BCUT2D eigenvalue weighted by atomic mass is 32.1. The molecule has 3 nitrogen and oxygen atoms in total. The molecule has 1 saturated carbocycles. The summed E-state index contributed by atoms with van der Waals surface area (Å²) in [5.74, 6) is 1.86. The summed E-state index contributed by atoms with van der Waals surface area (Å²) in [5, 5.41) is 4.48. The van der Waals surface area contributed by atoms with E-state index < -0.39 is 0 Å². The molecule has 0 amide bonds. The monoisotopic (exact) mass is 284 g/mol. The first-order chi connectivity index (χ1) is 9.88. The van der Waals surface area contributed by atoms with Crippen LogP contribution in [0.3, 0.4) is 0 Å². The van der Waals surface area contributed by atoms with Crippen molar-refractivity contribution >= 4 is 21.6 Å². The largest absolute Gasteiger partial charge is 0.457 e. The first kappa shape index (κ1) is 12.1. The van der Waals surface area contributed by atoms with Crippen LogP contribution in [-0.4, -0.2) is 11.0 Å². The molecular formula is C16H16N2OS. The minimum absolute atomic E-state index is 0.686. The van der Waals surface area contributed by atoms with Crippen LogP contribution in [-0.2, 0) is 6.54 Å². The van der Waals surface area contributed by atoms with Gasteiger partial charge >= 0.3 is 0 Å². The standard InChI is InChI=1S/C16H16N2OS/c1-2-7-15-13(6-1)18-16(20-15)14-9-8-12(19-14)10-17-11-4-3-5-11/h1-2,6-9,11,17H,3-5,10H2. The van der Waals surface area contributed by atoms with Gasteiger partial charge in [0.25, 0.3) is 0 Å². The smallest absolute Gasteiger partial charge is 0.163 e. The summed E-state index contributed by atoms with van der Waals surface area (Å²) in [7, 11) is 0. The lowest BCUT2D eigenvalue weighted by Gasteiger charge is -2.25. The summed E-state index contributed by atoms with van der Waals surface area (Å²) in [5.41, 5.74) is 1.04. The second-order valence-electron chi connectivity index (χ2n) is 5.26. The SMILES string of the molecule is c1ccc2sc(-c3ccc(CNC4CCC4)o3)nc2c1. The highest BCUT2D eigenvalue weighted by molar-refractivity contribution is 7.21. The Hall–Kier alpha value is -1.65. The molecule has 0 bridgehead atoms. The van der Waals surface area contributed by atoms with Crippen molar-refractivity contribution in [1.29, 1.82) is 0 Å². The predicted molar refractivity (Wildman–Crippen MR) is 81.8 cm³/mol. The fraction of sp³-hybridized carbons (Fsp3) is 0.312. The van der Waals surface area contributed by atoms with Crippen LogP contribution in [0.25, 0.3) is 21.0 Å². The molecule has 4 rings (SSSR count). The number of benzene rings is 1. The molecular weight excluding hydrogens is 268 g/mol. The third kappa shape index (κ3) is 2.25. The van der Waals surface area contributed by atoms with E-state index in [1.54, 1.807) is 11.3 Å². The minimum atomic E-state index is 0.686. The highest BCUT2D eigenvalue weighted by Gasteiger charge is 2.17.